The number of nitrogens with zero attached hydrogens (tertiary/aromatic N) is 2. The van der Waals surface area contributed by atoms with E-state index in [4.69, 9.17) is 0 Å². The van der Waals surface area contributed by atoms with E-state index in [0.29, 0.717) is 6.07 Å². The molecule has 0 saturated carbocycles. The maximum Gasteiger partial charge on any atom is 0.300 e. The Hall–Kier alpha value is -1.31. The molecule has 1 N–H and O–H groups in total. The van der Waals surface area contributed by atoms with Crippen molar-refractivity contribution in [2.45, 2.75) is 11.8 Å². The lowest BCUT2D eigenvalue weighted by atomic mass is 10.2. The highest BCUT2D eigenvalue weighted by Crippen LogP contribution is 2.32. The third-order valence-electron chi connectivity index (χ3n) is 1.62. The molecule has 0 saturated heterocycles. The molecule has 0 fully saturated rings. The van der Waals surface area contributed by atoms with Crippen LogP contribution in [0.4, 0.5) is 14.5 Å². The zero-order valence-electron chi connectivity index (χ0n) is 7.15. The lowest BCUT2D eigenvalue weighted by Crippen LogP contribution is -2.01. The molecule has 0 radical (unpaired) electrons. The van der Waals surface area contributed by atoms with E-state index in [1.807, 2.05) is 0 Å². The summed E-state index contributed by atoms with van der Waals surface area (Å²) in [5.74, 6) is -0.483. The van der Waals surface area contributed by atoms with E-state index in [1.54, 1.807) is 0 Å². The number of halogens is 3. The zero-order chi connectivity index (χ0) is 11.6. The predicted molar refractivity (Wildman–Crippen MR) is 50.1 cm³/mol. The van der Waals surface area contributed by atoms with Crippen LogP contribution in [0.1, 0.15) is 17.8 Å². The van der Waals surface area contributed by atoms with Crippen LogP contribution in [0.25, 0.3) is 0 Å². The fourth-order valence-corrected chi connectivity index (χ4v) is 1.36. The molecule has 0 atom stereocenters. The highest BCUT2D eigenvalue weighted by atomic mass is 79.9. The Bertz CT molecular complexity index is 400. The van der Waals surface area contributed by atoms with Gasteiger partial charge in [-0.15, -0.1) is 0 Å². The number of rotatable bonds is 3. The van der Waals surface area contributed by atoms with Crippen molar-refractivity contribution in [2.75, 3.05) is 0 Å². The zero-order valence-corrected chi connectivity index (χ0v) is 8.74. The second kappa shape index (κ2) is 4.47. The van der Waals surface area contributed by atoms with Crippen LogP contribution in [0, 0.1) is 10.1 Å². The van der Waals surface area contributed by atoms with Crippen LogP contribution in [-0.4, -0.2) is 15.0 Å². The minimum absolute atomic E-state index is 0.0382. The predicted octanol–water partition coefficient (Wildman–Crippen LogP) is 2.53. The van der Waals surface area contributed by atoms with E-state index in [0.717, 1.165) is 0 Å². The molecule has 8 heteroatoms. The van der Waals surface area contributed by atoms with Crippen molar-refractivity contribution in [1.82, 2.24) is 4.98 Å². The van der Waals surface area contributed by atoms with Crippen LogP contribution in [0.3, 0.4) is 0 Å². The standard InChI is InChI=1S/C7H5BrF2N2O3/c8-2-3-5(13)1-4(12(14)15)6(11-3)7(9)10/h1,7,13H,2H2. The molecule has 5 nitrogen and oxygen atoms in total. The lowest BCUT2D eigenvalue weighted by Gasteiger charge is -2.04. The maximum absolute atomic E-state index is 12.4. The van der Waals surface area contributed by atoms with Gasteiger partial charge in [0.25, 0.3) is 12.1 Å². The monoisotopic (exact) mass is 282 g/mol. The fraction of sp³-hybridized carbons (Fsp3) is 0.286. The Labute approximate surface area is 91.0 Å². The van der Waals surface area contributed by atoms with Crippen LogP contribution in [0.5, 0.6) is 5.75 Å². The summed E-state index contributed by atoms with van der Waals surface area (Å²) in [5.41, 5.74) is -1.88. The van der Waals surface area contributed by atoms with Crippen molar-refractivity contribution >= 4 is 21.6 Å². The number of hydrogen-bond donors (Lipinski definition) is 1. The maximum atomic E-state index is 12.4. The van der Waals surface area contributed by atoms with E-state index in [1.165, 1.54) is 0 Å². The third-order valence-corrected chi connectivity index (χ3v) is 2.15. The molecule has 1 aromatic heterocycles. The van der Waals surface area contributed by atoms with Gasteiger partial charge in [0.05, 0.1) is 16.7 Å². The number of hydrogen-bond acceptors (Lipinski definition) is 4. The first-order chi connectivity index (χ1) is 6.97. The van der Waals surface area contributed by atoms with Crippen molar-refractivity contribution < 1.29 is 18.8 Å². The van der Waals surface area contributed by atoms with Crippen molar-refractivity contribution in [3.05, 3.63) is 27.6 Å². The Morgan fingerprint density at radius 2 is 2.27 bits per heavy atom. The van der Waals surface area contributed by atoms with Gasteiger partial charge in [-0.3, -0.25) is 10.1 Å². The minimum Gasteiger partial charge on any atom is -0.506 e. The average Bonchev–Trinajstić information content (AvgIpc) is 2.16. The SMILES string of the molecule is O=[N+]([O-])c1cc(O)c(CBr)nc1C(F)F. The van der Waals surface area contributed by atoms with Gasteiger partial charge in [0.1, 0.15) is 5.75 Å². The molecule has 1 rings (SSSR count). The van der Waals surface area contributed by atoms with Gasteiger partial charge in [0, 0.05) is 5.33 Å². The fourth-order valence-electron chi connectivity index (χ4n) is 0.952. The first-order valence-corrected chi connectivity index (χ1v) is 4.80. The molecule has 1 aromatic rings. The molecule has 0 aliphatic carbocycles. The summed E-state index contributed by atoms with van der Waals surface area (Å²) in [6.07, 6.45) is -3.05. The molecule has 0 aromatic carbocycles. The van der Waals surface area contributed by atoms with E-state index < -0.39 is 28.5 Å². The van der Waals surface area contributed by atoms with E-state index in [-0.39, 0.29) is 11.0 Å². The summed E-state index contributed by atoms with van der Waals surface area (Å²) < 4.78 is 24.7. The molecule has 1 heterocycles. The summed E-state index contributed by atoms with van der Waals surface area (Å²) in [6, 6.07) is 0.672. The molecule has 0 aliphatic heterocycles. The Balaban J connectivity index is 3.38. The molecule has 0 aliphatic rings. The molecule has 0 unspecified atom stereocenters. The molecular weight excluding hydrogens is 278 g/mol. The molecule has 15 heavy (non-hydrogen) atoms. The summed E-state index contributed by atoms with van der Waals surface area (Å²) in [7, 11) is 0. The summed E-state index contributed by atoms with van der Waals surface area (Å²) in [6.45, 7) is 0. The molecule has 82 valence electrons. The second-order valence-electron chi connectivity index (χ2n) is 2.55. The number of pyridine rings is 1. The van der Waals surface area contributed by atoms with Gasteiger partial charge in [-0.25, -0.2) is 13.8 Å². The Morgan fingerprint density at radius 1 is 1.67 bits per heavy atom. The van der Waals surface area contributed by atoms with Gasteiger partial charge in [-0.05, 0) is 0 Å². The van der Waals surface area contributed by atoms with Crippen LogP contribution >= 0.6 is 15.9 Å². The topological polar surface area (TPSA) is 76.3 Å². The molecule has 0 amide bonds. The van der Waals surface area contributed by atoms with Gasteiger partial charge < -0.3 is 5.11 Å². The normalized spacial score (nSPS) is 10.7. The lowest BCUT2D eigenvalue weighted by molar-refractivity contribution is -0.386. The van der Waals surface area contributed by atoms with Gasteiger partial charge in [-0.1, -0.05) is 15.9 Å². The number of aromatic hydroxyl groups is 1. The highest BCUT2D eigenvalue weighted by molar-refractivity contribution is 9.08. The van der Waals surface area contributed by atoms with Crippen molar-refractivity contribution in [1.29, 1.82) is 0 Å². The smallest absolute Gasteiger partial charge is 0.300 e. The summed E-state index contributed by atoms with van der Waals surface area (Å²) in [4.78, 5) is 12.7. The van der Waals surface area contributed by atoms with E-state index in [2.05, 4.69) is 20.9 Å². The van der Waals surface area contributed by atoms with Crippen LogP contribution in [0.15, 0.2) is 6.07 Å². The van der Waals surface area contributed by atoms with Crippen molar-refractivity contribution in [3.63, 3.8) is 0 Å². The largest absolute Gasteiger partial charge is 0.506 e. The first-order valence-electron chi connectivity index (χ1n) is 3.68. The quantitative estimate of drug-likeness (QED) is 0.525. The van der Waals surface area contributed by atoms with Gasteiger partial charge >= 0.3 is 0 Å². The average molecular weight is 283 g/mol. The summed E-state index contributed by atoms with van der Waals surface area (Å²) >= 11 is 2.92. The third kappa shape index (κ3) is 2.38. The number of aromatic nitrogens is 1. The van der Waals surface area contributed by atoms with Gasteiger partial charge in [0.15, 0.2) is 5.69 Å². The first kappa shape index (κ1) is 11.8. The van der Waals surface area contributed by atoms with Crippen molar-refractivity contribution in [3.8, 4) is 5.75 Å². The van der Waals surface area contributed by atoms with E-state index in [9.17, 15) is 24.0 Å². The Morgan fingerprint density at radius 3 is 2.67 bits per heavy atom. The van der Waals surface area contributed by atoms with Crippen LogP contribution in [-0.2, 0) is 5.33 Å². The second-order valence-corrected chi connectivity index (χ2v) is 3.11. The number of nitro groups is 1. The Kier molecular flexibility index (Phi) is 3.51. The van der Waals surface area contributed by atoms with Gasteiger partial charge in [-0.2, -0.15) is 0 Å². The molecular formula is C7H5BrF2N2O3. The highest BCUT2D eigenvalue weighted by Gasteiger charge is 2.25. The van der Waals surface area contributed by atoms with Gasteiger partial charge in [0.2, 0.25) is 0 Å². The van der Waals surface area contributed by atoms with Crippen LogP contribution in [0.2, 0.25) is 0 Å². The minimum atomic E-state index is -3.05. The number of alkyl halides is 3. The van der Waals surface area contributed by atoms with E-state index >= 15 is 0 Å². The van der Waals surface area contributed by atoms with Crippen LogP contribution < -0.4 is 0 Å². The summed E-state index contributed by atoms with van der Waals surface area (Å²) in [5, 5.41) is 19.6. The van der Waals surface area contributed by atoms with Crippen molar-refractivity contribution in [2.24, 2.45) is 0 Å². The molecule has 0 spiro atoms. The molecule has 0 bridgehead atoms.